The summed E-state index contributed by atoms with van der Waals surface area (Å²) in [6.45, 7) is 2.44. The van der Waals surface area contributed by atoms with Gasteiger partial charge in [-0.25, -0.2) is 4.98 Å². The normalized spacial score (nSPS) is 21.5. The Morgan fingerprint density at radius 2 is 1.87 bits per heavy atom. The predicted octanol–water partition coefficient (Wildman–Crippen LogP) is 4.16. The van der Waals surface area contributed by atoms with Crippen LogP contribution in [-0.2, 0) is 17.9 Å². The standard InChI is InChI=1S/C24H25ClN4O2/c1-24(23(31)26-17-9-3-4-10-17)15-28-20-13-7-6-12-19(20)27-21(28)22(30)29(24)14-16-8-2-5-11-18(16)25/h2,5-8,11-13,17H,3-4,9-10,14-15H2,1H3,(H,26,31). The molecule has 5 rings (SSSR count). The van der Waals surface area contributed by atoms with E-state index in [9.17, 15) is 9.59 Å². The number of carbonyl (C=O) groups is 2. The molecule has 1 atom stereocenters. The number of halogens is 1. The third-order valence-corrected chi connectivity index (χ3v) is 6.99. The lowest BCUT2D eigenvalue weighted by atomic mass is 9.93. The number of benzene rings is 2. The Balaban J connectivity index is 1.58. The van der Waals surface area contributed by atoms with Crippen LogP contribution in [0.25, 0.3) is 11.0 Å². The molecule has 1 fully saturated rings. The van der Waals surface area contributed by atoms with Gasteiger partial charge < -0.3 is 14.8 Å². The topological polar surface area (TPSA) is 67.2 Å². The van der Waals surface area contributed by atoms with Crippen LogP contribution in [0.4, 0.5) is 0 Å². The number of nitrogens with zero attached hydrogens (tertiary/aromatic N) is 3. The van der Waals surface area contributed by atoms with Gasteiger partial charge in [0.2, 0.25) is 5.91 Å². The maximum atomic E-state index is 13.7. The number of fused-ring (bicyclic) bond motifs is 3. The van der Waals surface area contributed by atoms with Gasteiger partial charge in [0.1, 0.15) is 5.54 Å². The molecular weight excluding hydrogens is 412 g/mol. The Morgan fingerprint density at radius 3 is 2.65 bits per heavy atom. The Bertz CT molecular complexity index is 1170. The van der Waals surface area contributed by atoms with Crippen LogP contribution in [-0.4, -0.2) is 37.8 Å². The van der Waals surface area contributed by atoms with Gasteiger partial charge in [-0.05, 0) is 43.5 Å². The molecule has 1 aliphatic heterocycles. The van der Waals surface area contributed by atoms with E-state index in [1.54, 1.807) is 11.0 Å². The fraction of sp³-hybridized carbons (Fsp3) is 0.375. The first kappa shape index (κ1) is 20.1. The molecule has 2 aliphatic rings. The molecule has 2 heterocycles. The van der Waals surface area contributed by atoms with Gasteiger partial charge in [0, 0.05) is 17.6 Å². The fourth-order valence-electron chi connectivity index (χ4n) is 4.79. The maximum absolute atomic E-state index is 13.7. The lowest BCUT2D eigenvalue weighted by Crippen LogP contribution is -2.64. The number of para-hydroxylation sites is 2. The zero-order chi connectivity index (χ0) is 21.6. The third-order valence-electron chi connectivity index (χ3n) is 6.62. The van der Waals surface area contributed by atoms with Crippen LogP contribution >= 0.6 is 11.6 Å². The molecule has 1 N–H and O–H groups in total. The van der Waals surface area contributed by atoms with E-state index in [4.69, 9.17) is 11.6 Å². The molecule has 2 aromatic carbocycles. The van der Waals surface area contributed by atoms with E-state index in [0.29, 0.717) is 17.4 Å². The summed E-state index contributed by atoms with van der Waals surface area (Å²) in [6.07, 6.45) is 4.22. The smallest absolute Gasteiger partial charge is 0.291 e. The Kier molecular flexibility index (Phi) is 4.97. The van der Waals surface area contributed by atoms with E-state index in [-0.39, 0.29) is 24.4 Å². The second kappa shape index (κ2) is 7.68. The van der Waals surface area contributed by atoms with Crippen molar-refractivity contribution in [2.24, 2.45) is 0 Å². The zero-order valence-corrected chi connectivity index (χ0v) is 18.2. The largest absolute Gasteiger partial charge is 0.351 e. The van der Waals surface area contributed by atoms with Gasteiger partial charge in [-0.3, -0.25) is 9.59 Å². The van der Waals surface area contributed by atoms with Crippen molar-refractivity contribution >= 4 is 34.4 Å². The van der Waals surface area contributed by atoms with Gasteiger partial charge in [0.15, 0.2) is 5.82 Å². The van der Waals surface area contributed by atoms with Crippen LogP contribution in [0.2, 0.25) is 5.02 Å². The number of aromatic nitrogens is 2. The molecule has 3 aromatic rings. The molecule has 1 unspecified atom stereocenters. The van der Waals surface area contributed by atoms with E-state index >= 15 is 0 Å². The summed E-state index contributed by atoms with van der Waals surface area (Å²) >= 11 is 6.41. The van der Waals surface area contributed by atoms with E-state index in [1.165, 1.54) is 0 Å². The molecule has 1 saturated carbocycles. The second-order valence-electron chi connectivity index (χ2n) is 8.72. The van der Waals surface area contributed by atoms with E-state index in [0.717, 1.165) is 42.3 Å². The zero-order valence-electron chi connectivity index (χ0n) is 17.5. The summed E-state index contributed by atoms with van der Waals surface area (Å²) in [5.41, 5.74) is 1.36. The Morgan fingerprint density at radius 1 is 1.16 bits per heavy atom. The van der Waals surface area contributed by atoms with E-state index in [2.05, 4.69) is 10.3 Å². The SMILES string of the molecule is CC1(C(=O)NC2CCCC2)Cn2c(nc3ccccc32)C(=O)N1Cc1ccccc1Cl. The minimum absolute atomic E-state index is 0.122. The van der Waals surface area contributed by atoms with Crippen molar-refractivity contribution in [1.82, 2.24) is 19.8 Å². The summed E-state index contributed by atoms with van der Waals surface area (Å²) in [5.74, 6) is -0.0194. The number of rotatable bonds is 4. The van der Waals surface area contributed by atoms with Crippen LogP contribution in [0.15, 0.2) is 48.5 Å². The van der Waals surface area contributed by atoms with Gasteiger partial charge >= 0.3 is 0 Å². The fourth-order valence-corrected chi connectivity index (χ4v) is 4.98. The predicted molar refractivity (Wildman–Crippen MR) is 120 cm³/mol. The van der Waals surface area contributed by atoms with Gasteiger partial charge in [0.05, 0.1) is 17.6 Å². The van der Waals surface area contributed by atoms with Crippen LogP contribution in [0.3, 0.4) is 0 Å². The number of imidazole rings is 1. The van der Waals surface area contributed by atoms with Crippen molar-refractivity contribution in [1.29, 1.82) is 0 Å². The molecular formula is C24H25ClN4O2. The van der Waals surface area contributed by atoms with Gasteiger partial charge in [-0.15, -0.1) is 0 Å². The van der Waals surface area contributed by atoms with Gasteiger partial charge in [0.25, 0.3) is 5.91 Å². The lowest BCUT2D eigenvalue weighted by Gasteiger charge is -2.44. The van der Waals surface area contributed by atoms with Gasteiger partial charge in [-0.2, -0.15) is 0 Å². The van der Waals surface area contributed by atoms with Crippen LogP contribution in [0, 0.1) is 0 Å². The van der Waals surface area contributed by atoms with Crippen molar-refractivity contribution < 1.29 is 9.59 Å². The quantitative estimate of drug-likeness (QED) is 0.667. The van der Waals surface area contributed by atoms with Crippen LogP contribution in [0.5, 0.6) is 0 Å². The van der Waals surface area contributed by atoms with Crippen LogP contribution in [0.1, 0.15) is 48.8 Å². The molecule has 2 amide bonds. The summed E-state index contributed by atoms with van der Waals surface area (Å²) in [5, 5.41) is 3.79. The monoisotopic (exact) mass is 436 g/mol. The average molecular weight is 437 g/mol. The first-order valence-corrected chi connectivity index (χ1v) is 11.2. The second-order valence-corrected chi connectivity index (χ2v) is 9.13. The van der Waals surface area contributed by atoms with Crippen molar-refractivity contribution in [2.45, 2.75) is 57.3 Å². The molecule has 1 aliphatic carbocycles. The summed E-state index contributed by atoms with van der Waals surface area (Å²) in [7, 11) is 0. The molecule has 0 saturated heterocycles. The molecule has 0 radical (unpaired) electrons. The first-order chi connectivity index (χ1) is 15.0. The summed E-state index contributed by atoms with van der Waals surface area (Å²) in [6, 6.07) is 15.3. The van der Waals surface area contributed by atoms with Crippen molar-refractivity contribution in [3.05, 3.63) is 64.9 Å². The molecule has 1 aromatic heterocycles. The molecule has 31 heavy (non-hydrogen) atoms. The Hall–Kier alpha value is -2.86. The summed E-state index contributed by atoms with van der Waals surface area (Å²) in [4.78, 5) is 33.5. The van der Waals surface area contributed by atoms with E-state index < -0.39 is 5.54 Å². The number of amides is 2. The number of hydrogen-bond donors (Lipinski definition) is 1. The highest BCUT2D eigenvalue weighted by Gasteiger charge is 2.49. The molecule has 160 valence electrons. The lowest BCUT2D eigenvalue weighted by molar-refractivity contribution is -0.133. The highest BCUT2D eigenvalue weighted by Crippen LogP contribution is 2.33. The number of carbonyl (C=O) groups excluding carboxylic acids is 2. The highest BCUT2D eigenvalue weighted by molar-refractivity contribution is 6.31. The molecule has 7 heteroatoms. The number of hydrogen-bond acceptors (Lipinski definition) is 3. The van der Waals surface area contributed by atoms with Crippen LogP contribution < -0.4 is 5.32 Å². The minimum atomic E-state index is -1.06. The Labute approximate surface area is 186 Å². The first-order valence-electron chi connectivity index (χ1n) is 10.8. The van der Waals surface area contributed by atoms with Crippen molar-refractivity contribution in [3.8, 4) is 0 Å². The van der Waals surface area contributed by atoms with Gasteiger partial charge in [-0.1, -0.05) is 54.8 Å². The molecule has 0 bridgehead atoms. The average Bonchev–Trinajstić information content (AvgIpc) is 3.40. The third kappa shape index (κ3) is 3.39. The minimum Gasteiger partial charge on any atom is -0.351 e. The van der Waals surface area contributed by atoms with E-state index in [1.807, 2.05) is 54.0 Å². The molecule has 6 nitrogen and oxygen atoms in total. The summed E-state index contributed by atoms with van der Waals surface area (Å²) < 4.78 is 1.88. The highest BCUT2D eigenvalue weighted by atomic mass is 35.5. The van der Waals surface area contributed by atoms with Crippen molar-refractivity contribution in [3.63, 3.8) is 0 Å². The maximum Gasteiger partial charge on any atom is 0.291 e. The molecule has 0 spiro atoms. The van der Waals surface area contributed by atoms with Crippen molar-refractivity contribution in [2.75, 3.05) is 0 Å². The number of nitrogens with one attached hydrogen (secondary N) is 1.